The molecule has 2 N–H and O–H groups in total. The van der Waals surface area contributed by atoms with Crippen molar-refractivity contribution < 1.29 is 14.5 Å². The second kappa shape index (κ2) is 4.68. The molecule has 0 spiro atoms. The van der Waals surface area contributed by atoms with E-state index in [9.17, 15) is 19.7 Å². The van der Waals surface area contributed by atoms with Gasteiger partial charge in [-0.15, -0.1) is 0 Å². The van der Waals surface area contributed by atoms with Crippen LogP contribution in [0.1, 0.15) is 13.3 Å². The average Bonchev–Trinajstić information content (AvgIpc) is 2.71. The monoisotopic (exact) mass is 263 g/mol. The number of hydrogen-bond acceptors (Lipinski definition) is 4. The minimum Gasteiger partial charge on any atom is -0.355 e. The molecule has 1 heterocycles. The standard InChI is InChI=1S/C12H13N3O4/c1-12(6-10(16)13-7-12)11(17)14-8-3-2-4-9(5-8)15(18)19/h2-5H,6-7H2,1H3,(H,13,16)(H,14,17). The van der Waals surface area contributed by atoms with Gasteiger partial charge in [0.25, 0.3) is 5.69 Å². The Morgan fingerprint density at radius 2 is 2.26 bits per heavy atom. The van der Waals surface area contributed by atoms with Gasteiger partial charge in [0.2, 0.25) is 11.8 Å². The Morgan fingerprint density at radius 3 is 2.84 bits per heavy atom. The molecule has 1 fully saturated rings. The van der Waals surface area contributed by atoms with E-state index in [1.54, 1.807) is 13.0 Å². The molecule has 7 heteroatoms. The zero-order valence-electron chi connectivity index (χ0n) is 10.3. The van der Waals surface area contributed by atoms with Crippen LogP contribution in [0.5, 0.6) is 0 Å². The van der Waals surface area contributed by atoms with Crippen molar-refractivity contribution in [1.29, 1.82) is 0 Å². The van der Waals surface area contributed by atoms with Gasteiger partial charge in [0.15, 0.2) is 0 Å². The topological polar surface area (TPSA) is 101 Å². The molecule has 0 radical (unpaired) electrons. The van der Waals surface area contributed by atoms with E-state index in [1.807, 2.05) is 0 Å². The van der Waals surface area contributed by atoms with Gasteiger partial charge >= 0.3 is 0 Å². The van der Waals surface area contributed by atoms with Crippen LogP contribution in [0.3, 0.4) is 0 Å². The van der Waals surface area contributed by atoms with Gasteiger partial charge in [-0.2, -0.15) is 0 Å². The van der Waals surface area contributed by atoms with E-state index in [1.165, 1.54) is 18.2 Å². The van der Waals surface area contributed by atoms with Crippen molar-refractivity contribution in [2.24, 2.45) is 5.41 Å². The summed E-state index contributed by atoms with van der Waals surface area (Å²) in [6.45, 7) is 1.95. The van der Waals surface area contributed by atoms with Gasteiger partial charge in [-0.3, -0.25) is 19.7 Å². The van der Waals surface area contributed by atoms with Crippen LogP contribution in [0.25, 0.3) is 0 Å². The Morgan fingerprint density at radius 1 is 1.53 bits per heavy atom. The van der Waals surface area contributed by atoms with Crippen molar-refractivity contribution in [3.63, 3.8) is 0 Å². The zero-order valence-corrected chi connectivity index (χ0v) is 10.3. The molecule has 1 unspecified atom stereocenters. The van der Waals surface area contributed by atoms with Crippen LogP contribution >= 0.6 is 0 Å². The lowest BCUT2D eigenvalue weighted by Gasteiger charge is -2.20. The molecule has 1 atom stereocenters. The number of carbonyl (C=O) groups excluding carboxylic acids is 2. The van der Waals surface area contributed by atoms with Crippen molar-refractivity contribution in [1.82, 2.24) is 5.32 Å². The summed E-state index contributed by atoms with van der Waals surface area (Å²) in [6, 6.07) is 5.69. The van der Waals surface area contributed by atoms with E-state index in [0.717, 1.165) is 0 Å². The third-order valence-electron chi connectivity index (χ3n) is 3.09. The van der Waals surface area contributed by atoms with E-state index in [-0.39, 0.29) is 30.5 Å². The van der Waals surface area contributed by atoms with Crippen molar-refractivity contribution in [3.05, 3.63) is 34.4 Å². The van der Waals surface area contributed by atoms with Crippen LogP contribution in [-0.4, -0.2) is 23.3 Å². The molecule has 1 saturated heterocycles. The van der Waals surface area contributed by atoms with Gasteiger partial charge in [-0.05, 0) is 13.0 Å². The molecule has 2 amide bonds. The van der Waals surface area contributed by atoms with Gasteiger partial charge < -0.3 is 10.6 Å². The highest BCUT2D eigenvalue weighted by Gasteiger charge is 2.40. The number of nitrogens with one attached hydrogen (secondary N) is 2. The minimum absolute atomic E-state index is 0.0939. The van der Waals surface area contributed by atoms with Crippen molar-refractivity contribution in [2.45, 2.75) is 13.3 Å². The van der Waals surface area contributed by atoms with Gasteiger partial charge in [0.1, 0.15) is 0 Å². The molecular formula is C12H13N3O4. The number of benzene rings is 1. The maximum absolute atomic E-state index is 12.1. The Hall–Kier alpha value is -2.44. The van der Waals surface area contributed by atoms with Crippen LogP contribution in [0.4, 0.5) is 11.4 Å². The van der Waals surface area contributed by atoms with E-state index in [4.69, 9.17) is 0 Å². The molecule has 1 aromatic carbocycles. The molecule has 0 aromatic heterocycles. The molecule has 7 nitrogen and oxygen atoms in total. The highest BCUT2D eigenvalue weighted by Crippen LogP contribution is 2.27. The predicted octanol–water partition coefficient (Wildman–Crippen LogP) is 1.06. The minimum atomic E-state index is -0.818. The highest BCUT2D eigenvalue weighted by molar-refractivity contribution is 6.00. The molecule has 1 aliphatic heterocycles. The average molecular weight is 263 g/mol. The lowest BCUT2D eigenvalue weighted by Crippen LogP contribution is -2.35. The Kier molecular flexibility index (Phi) is 3.20. The van der Waals surface area contributed by atoms with Crippen LogP contribution < -0.4 is 10.6 Å². The van der Waals surface area contributed by atoms with Crippen molar-refractivity contribution in [2.75, 3.05) is 11.9 Å². The number of nitrogens with zero attached hydrogens (tertiary/aromatic N) is 1. The number of amides is 2. The normalized spacial score (nSPS) is 21.8. The van der Waals surface area contributed by atoms with E-state index in [0.29, 0.717) is 5.69 Å². The van der Waals surface area contributed by atoms with Gasteiger partial charge in [0, 0.05) is 30.8 Å². The van der Waals surface area contributed by atoms with Crippen LogP contribution in [0, 0.1) is 15.5 Å². The lowest BCUT2D eigenvalue weighted by atomic mass is 9.88. The maximum atomic E-state index is 12.1. The quantitative estimate of drug-likeness (QED) is 0.628. The summed E-state index contributed by atoms with van der Waals surface area (Å²) in [5.41, 5.74) is -0.565. The van der Waals surface area contributed by atoms with Crippen LogP contribution in [-0.2, 0) is 9.59 Å². The van der Waals surface area contributed by atoms with Gasteiger partial charge in [-0.1, -0.05) is 6.07 Å². The molecule has 19 heavy (non-hydrogen) atoms. The predicted molar refractivity (Wildman–Crippen MR) is 67.5 cm³/mol. The summed E-state index contributed by atoms with van der Waals surface area (Å²) in [5, 5.41) is 15.8. The molecule has 0 aliphatic carbocycles. The molecular weight excluding hydrogens is 250 g/mol. The number of hydrogen-bond donors (Lipinski definition) is 2. The molecule has 100 valence electrons. The molecule has 0 bridgehead atoms. The summed E-state index contributed by atoms with van der Waals surface area (Å²) in [5.74, 6) is -0.497. The Labute approximate surface area is 109 Å². The summed E-state index contributed by atoms with van der Waals surface area (Å²) in [6.07, 6.45) is 0.119. The Balaban J connectivity index is 2.13. The SMILES string of the molecule is CC1(C(=O)Nc2cccc([N+](=O)[O-])c2)CNC(=O)C1. The second-order valence-electron chi connectivity index (χ2n) is 4.78. The summed E-state index contributed by atoms with van der Waals surface area (Å²) in [7, 11) is 0. The number of carbonyl (C=O) groups is 2. The molecule has 1 aliphatic rings. The molecule has 1 aromatic rings. The van der Waals surface area contributed by atoms with Crippen molar-refractivity contribution in [3.8, 4) is 0 Å². The fourth-order valence-corrected chi connectivity index (χ4v) is 1.91. The summed E-state index contributed by atoms with van der Waals surface area (Å²) < 4.78 is 0. The first kappa shape index (κ1) is 13.0. The van der Waals surface area contributed by atoms with E-state index < -0.39 is 10.3 Å². The fourth-order valence-electron chi connectivity index (χ4n) is 1.91. The van der Waals surface area contributed by atoms with Crippen LogP contribution in [0.2, 0.25) is 0 Å². The number of anilines is 1. The van der Waals surface area contributed by atoms with Gasteiger partial charge in [-0.25, -0.2) is 0 Å². The highest BCUT2D eigenvalue weighted by atomic mass is 16.6. The summed E-state index contributed by atoms with van der Waals surface area (Å²) >= 11 is 0. The fraction of sp³-hybridized carbons (Fsp3) is 0.333. The van der Waals surface area contributed by atoms with Gasteiger partial charge in [0.05, 0.1) is 10.3 Å². The first-order chi connectivity index (χ1) is 8.90. The van der Waals surface area contributed by atoms with E-state index >= 15 is 0 Å². The lowest BCUT2D eigenvalue weighted by molar-refractivity contribution is -0.384. The van der Waals surface area contributed by atoms with E-state index in [2.05, 4.69) is 10.6 Å². The maximum Gasteiger partial charge on any atom is 0.271 e. The van der Waals surface area contributed by atoms with Crippen molar-refractivity contribution >= 4 is 23.2 Å². The largest absolute Gasteiger partial charge is 0.355 e. The number of non-ortho nitro benzene ring substituents is 1. The summed E-state index contributed by atoms with van der Waals surface area (Å²) in [4.78, 5) is 33.4. The van der Waals surface area contributed by atoms with Crippen LogP contribution in [0.15, 0.2) is 24.3 Å². The Bertz CT molecular complexity index is 558. The third-order valence-corrected chi connectivity index (χ3v) is 3.09. The number of nitro groups is 1. The first-order valence-corrected chi connectivity index (χ1v) is 5.73. The first-order valence-electron chi connectivity index (χ1n) is 5.73. The molecule has 2 rings (SSSR count). The number of rotatable bonds is 3. The smallest absolute Gasteiger partial charge is 0.271 e. The second-order valence-corrected chi connectivity index (χ2v) is 4.78. The number of nitro benzene ring substituents is 1. The molecule has 0 saturated carbocycles. The third kappa shape index (κ3) is 2.70. The zero-order chi connectivity index (χ0) is 14.0.